The molecule has 0 unspecified atom stereocenters. The Hall–Kier alpha value is -2.45. The largest absolute Gasteiger partial charge is 0.416 e. The van der Waals surface area contributed by atoms with E-state index in [0.717, 1.165) is 28.7 Å². The van der Waals surface area contributed by atoms with Crippen LogP contribution in [0.1, 0.15) is 22.8 Å². The first-order chi connectivity index (χ1) is 13.3. The maximum Gasteiger partial charge on any atom is 0.416 e. The fraction of sp³-hybridized carbons (Fsp3) is 0.350. The van der Waals surface area contributed by atoms with Crippen LogP contribution >= 0.6 is 0 Å². The minimum Gasteiger partial charge on any atom is -0.371 e. The Bertz CT molecular complexity index is 999. The van der Waals surface area contributed by atoms with Gasteiger partial charge in [-0.1, -0.05) is 6.07 Å². The third-order valence-electron chi connectivity index (χ3n) is 4.96. The van der Waals surface area contributed by atoms with Crippen molar-refractivity contribution in [2.75, 3.05) is 19.7 Å². The second-order valence-electron chi connectivity index (χ2n) is 7.04. The normalized spacial score (nSPS) is 18.7. The lowest BCUT2D eigenvalue weighted by molar-refractivity contribution is -0.137. The Balaban J connectivity index is 1.52. The van der Waals surface area contributed by atoms with Crippen molar-refractivity contribution in [2.24, 2.45) is 7.05 Å². The maximum atomic E-state index is 13.7. The number of aryl methyl sites for hydroxylation is 1. The van der Waals surface area contributed by atoms with Crippen LogP contribution in [0.4, 0.5) is 17.6 Å². The molecule has 1 saturated heterocycles. The number of benzene rings is 2. The van der Waals surface area contributed by atoms with Crippen LogP contribution in [0.5, 0.6) is 0 Å². The minimum absolute atomic E-state index is 0.205. The van der Waals surface area contributed by atoms with Gasteiger partial charge in [0, 0.05) is 26.7 Å². The van der Waals surface area contributed by atoms with Gasteiger partial charge in [0.05, 0.1) is 35.6 Å². The Morgan fingerprint density at radius 1 is 1.18 bits per heavy atom. The van der Waals surface area contributed by atoms with Crippen molar-refractivity contribution in [1.82, 2.24) is 14.5 Å². The average Bonchev–Trinajstić information content (AvgIpc) is 3.01. The van der Waals surface area contributed by atoms with Gasteiger partial charge < -0.3 is 9.30 Å². The van der Waals surface area contributed by atoms with Crippen molar-refractivity contribution in [1.29, 1.82) is 0 Å². The molecule has 0 N–H and O–H groups in total. The summed E-state index contributed by atoms with van der Waals surface area (Å²) in [5.41, 5.74) is 2.19. The van der Waals surface area contributed by atoms with Crippen LogP contribution in [-0.4, -0.2) is 34.1 Å². The summed E-state index contributed by atoms with van der Waals surface area (Å²) in [6.45, 7) is 1.77. The fourth-order valence-electron chi connectivity index (χ4n) is 3.55. The smallest absolute Gasteiger partial charge is 0.371 e. The van der Waals surface area contributed by atoms with Gasteiger partial charge in [0.25, 0.3) is 0 Å². The lowest BCUT2D eigenvalue weighted by Gasteiger charge is -2.33. The zero-order chi connectivity index (χ0) is 19.9. The molecule has 2 heterocycles. The number of nitrogens with zero attached hydrogens (tertiary/aromatic N) is 3. The predicted octanol–water partition coefficient (Wildman–Crippen LogP) is 4.30. The van der Waals surface area contributed by atoms with Gasteiger partial charge >= 0.3 is 6.18 Å². The molecule has 0 bridgehead atoms. The zero-order valence-electron chi connectivity index (χ0n) is 15.2. The molecule has 1 aromatic heterocycles. The summed E-state index contributed by atoms with van der Waals surface area (Å²) >= 11 is 0. The third kappa shape index (κ3) is 3.88. The number of hydrogen-bond donors (Lipinski definition) is 0. The number of fused-ring (bicyclic) bond motifs is 1. The first-order valence-corrected chi connectivity index (χ1v) is 8.91. The Morgan fingerprint density at radius 2 is 2.00 bits per heavy atom. The van der Waals surface area contributed by atoms with E-state index < -0.39 is 17.6 Å². The van der Waals surface area contributed by atoms with E-state index in [-0.39, 0.29) is 12.6 Å². The number of morpholine rings is 1. The third-order valence-corrected chi connectivity index (χ3v) is 4.96. The van der Waals surface area contributed by atoms with Crippen molar-refractivity contribution in [3.8, 4) is 0 Å². The number of hydrogen-bond acceptors (Lipinski definition) is 3. The second kappa shape index (κ2) is 7.18. The van der Waals surface area contributed by atoms with Crippen LogP contribution in [0, 0.1) is 5.82 Å². The van der Waals surface area contributed by atoms with Crippen LogP contribution in [0.15, 0.2) is 42.7 Å². The van der Waals surface area contributed by atoms with E-state index >= 15 is 0 Å². The summed E-state index contributed by atoms with van der Waals surface area (Å²) in [5, 5.41) is 0. The fourth-order valence-corrected chi connectivity index (χ4v) is 3.55. The van der Waals surface area contributed by atoms with E-state index in [1.807, 2.05) is 34.7 Å². The maximum absolute atomic E-state index is 13.7. The van der Waals surface area contributed by atoms with E-state index in [0.29, 0.717) is 31.3 Å². The lowest BCUT2D eigenvalue weighted by atomic mass is 10.1. The van der Waals surface area contributed by atoms with Crippen LogP contribution in [0.25, 0.3) is 11.0 Å². The molecule has 1 atom stereocenters. The molecule has 0 spiro atoms. The number of halogens is 4. The highest BCUT2D eigenvalue weighted by molar-refractivity contribution is 5.76. The summed E-state index contributed by atoms with van der Waals surface area (Å²) in [6.07, 6.45) is -3.03. The molecule has 0 saturated carbocycles. The number of aromatic nitrogens is 2. The average molecular weight is 393 g/mol. The summed E-state index contributed by atoms with van der Waals surface area (Å²) in [6, 6.07) is 8.58. The second-order valence-corrected chi connectivity index (χ2v) is 7.04. The van der Waals surface area contributed by atoms with E-state index in [2.05, 4.69) is 4.98 Å². The minimum atomic E-state index is -4.57. The van der Waals surface area contributed by atoms with Crippen molar-refractivity contribution in [3.05, 3.63) is 65.2 Å². The van der Waals surface area contributed by atoms with Gasteiger partial charge in [-0.2, -0.15) is 13.2 Å². The monoisotopic (exact) mass is 393 g/mol. The number of ether oxygens (including phenoxy) is 1. The molecule has 8 heteroatoms. The van der Waals surface area contributed by atoms with Gasteiger partial charge in [-0.15, -0.1) is 0 Å². The predicted molar refractivity (Wildman–Crippen MR) is 96.1 cm³/mol. The molecule has 0 aliphatic carbocycles. The molecule has 1 fully saturated rings. The molecule has 148 valence electrons. The highest BCUT2D eigenvalue weighted by atomic mass is 19.4. The van der Waals surface area contributed by atoms with E-state index in [1.54, 1.807) is 6.33 Å². The Morgan fingerprint density at radius 3 is 2.79 bits per heavy atom. The van der Waals surface area contributed by atoms with Crippen molar-refractivity contribution in [2.45, 2.75) is 18.8 Å². The molecule has 1 aliphatic heterocycles. The summed E-state index contributed by atoms with van der Waals surface area (Å²) < 4.78 is 60.3. The number of alkyl halides is 3. The number of imidazole rings is 1. The molecule has 28 heavy (non-hydrogen) atoms. The van der Waals surface area contributed by atoms with Crippen LogP contribution in [0.3, 0.4) is 0 Å². The SMILES string of the molecule is Cn1cnc2ccc([C@@H]3CN(Cc4cc(F)cc(C(F)(F)F)c4)CCO3)cc21. The molecule has 0 radical (unpaired) electrons. The van der Waals surface area contributed by atoms with Crippen LogP contribution in [0.2, 0.25) is 0 Å². The Kier molecular flexibility index (Phi) is 4.84. The lowest BCUT2D eigenvalue weighted by Crippen LogP contribution is -2.37. The van der Waals surface area contributed by atoms with Gasteiger partial charge in [0.15, 0.2) is 0 Å². The van der Waals surface area contributed by atoms with E-state index in [4.69, 9.17) is 4.74 Å². The molecular formula is C20H19F4N3O. The highest BCUT2D eigenvalue weighted by Gasteiger charge is 2.31. The van der Waals surface area contributed by atoms with Gasteiger partial charge in [0.1, 0.15) is 5.82 Å². The summed E-state index contributed by atoms with van der Waals surface area (Å²) in [5.74, 6) is -0.878. The molecule has 1 aliphatic rings. The van der Waals surface area contributed by atoms with E-state index in [9.17, 15) is 17.6 Å². The summed E-state index contributed by atoms with van der Waals surface area (Å²) in [7, 11) is 1.91. The zero-order valence-corrected chi connectivity index (χ0v) is 15.2. The number of rotatable bonds is 3. The van der Waals surface area contributed by atoms with Crippen molar-refractivity contribution >= 4 is 11.0 Å². The highest BCUT2D eigenvalue weighted by Crippen LogP contribution is 2.31. The van der Waals surface area contributed by atoms with Crippen LogP contribution < -0.4 is 0 Å². The van der Waals surface area contributed by atoms with Crippen molar-refractivity contribution in [3.63, 3.8) is 0 Å². The molecule has 2 aromatic carbocycles. The van der Waals surface area contributed by atoms with Gasteiger partial charge in [-0.05, 0) is 41.5 Å². The first kappa shape index (κ1) is 18.9. The molecule has 3 aromatic rings. The molecular weight excluding hydrogens is 374 g/mol. The first-order valence-electron chi connectivity index (χ1n) is 8.91. The van der Waals surface area contributed by atoms with Crippen LogP contribution in [-0.2, 0) is 24.5 Å². The molecule has 4 nitrogen and oxygen atoms in total. The van der Waals surface area contributed by atoms with Gasteiger partial charge in [-0.25, -0.2) is 9.37 Å². The summed E-state index contributed by atoms with van der Waals surface area (Å²) in [4.78, 5) is 6.28. The quantitative estimate of drug-likeness (QED) is 0.622. The van der Waals surface area contributed by atoms with Crippen molar-refractivity contribution < 1.29 is 22.3 Å². The topological polar surface area (TPSA) is 30.3 Å². The molecule has 4 rings (SSSR count). The van der Waals surface area contributed by atoms with Gasteiger partial charge in [0.2, 0.25) is 0 Å². The van der Waals surface area contributed by atoms with Gasteiger partial charge in [-0.3, -0.25) is 4.90 Å². The Labute approximate surface area is 159 Å². The van der Waals surface area contributed by atoms with E-state index in [1.165, 1.54) is 0 Å². The molecule has 0 amide bonds. The standard InChI is InChI=1S/C20H19F4N3O/c1-26-12-25-17-3-2-14(8-18(17)26)19-11-27(4-5-28-19)10-13-6-15(20(22,23)24)9-16(21)7-13/h2-3,6-9,12,19H,4-5,10-11H2,1H3/t19-/m0/s1.